The highest BCUT2D eigenvalue weighted by Gasteiger charge is 2.33. The molecule has 2 fully saturated rings. The predicted molar refractivity (Wildman–Crippen MR) is 112 cm³/mol. The molecular formula is C22H25F2N5O3. The van der Waals surface area contributed by atoms with Crippen LogP contribution >= 0.6 is 0 Å². The van der Waals surface area contributed by atoms with Crippen molar-refractivity contribution in [1.29, 1.82) is 0 Å². The topological polar surface area (TPSA) is 78.9 Å². The third kappa shape index (κ3) is 4.79. The molecule has 1 unspecified atom stereocenters. The zero-order valence-electron chi connectivity index (χ0n) is 17.8. The molecule has 1 aromatic carbocycles. The number of anilines is 1. The third-order valence-electron chi connectivity index (χ3n) is 5.73. The Labute approximate surface area is 184 Å². The maximum absolute atomic E-state index is 13.5. The molecule has 8 nitrogen and oxygen atoms in total. The van der Waals surface area contributed by atoms with Crippen molar-refractivity contribution in [2.45, 2.75) is 32.3 Å². The van der Waals surface area contributed by atoms with E-state index in [1.165, 1.54) is 15.9 Å². The number of carbonyl (C=O) groups excluding carboxylic acids is 2. The Kier molecular flexibility index (Phi) is 6.48. The third-order valence-corrected chi connectivity index (χ3v) is 5.73. The summed E-state index contributed by atoms with van der Waals surface area (Å²) >= 11 is 0. The lowest BCUT2D eigenvalue weighted by Gasteiger charge is -2.33. The van der Waals surface area contributed by atoms with Crippen LogP contribution in [-0.2, 0) is 11.2 Å². The van der Waals surface area contributed by atoms with Gasteiger partial charge in [-0.2, -0.15) is 0 Å². The van der Waals surface area contributed by atoms with E-state index in [-0.39, 0.29) is 24.2 Å². The Morgan fingerprint density at radius 2 is 1.94 bits per heavy atom. The van der Waals surface area contributed by atoms with Gasteiger partial charge in [0.1, 0.15) is 12.6 Å². The summed E-state index contributed by atoms with van der Waals surface area (Å²) in [6, 6.07) is 3.21. The van der Waals surface area contributed by atoms with E-state index >= 15 is 0 Å². The number of aromatic nitrogens is 2. The van der Waals surface area contributed by atoms with E-state index in [9.17, 15) is 18.4 Å². The number of hydrogen-bond donors (Lipinski definition) is 0. The number of piperidine rings is 1. The molecule has 4 rings (SSSR count). The second-order valence-corrected chi connectivity index (χ2v) is 7.90. The van der Waals surface area contributed by atoms with Crippen LogP contribution in [0.1, 0.15) is 25.3 Å². The van der Waals surface area contributed by atoms with Crippen molar-refractivity contribution in [2.24, 2.45) is 0 Å². The molecule has 1 aromatic heterocycles. The quantitative estimate of drug-likeness (QED) is 0.683. The van der Waals surface area contributed by atoms with Gasteiger partial charge in [0.2, 0.25) is 5.91 Å². The number of likely N-dealkylation sites (tertiary alicyclic amines) is 1. The smallest absolute Gasteiger partial charge is 0.325 e. The van der Waals surface area contributed by atoms with Crippen molar-refractivity contribution in [2.75, 3.05) is 37.6 Å². The van der Waals surface area contributed by atoms with E-state index < -0.39 is 17.7 Å². The first kappa shape index (κ1) is 21.9. The van der Waals surface area contributed by atoms with Gasteiger partial charge in [0.25, 0.3) is 0 Å². The van der Waals surface area contributed by atoms with Crippen LogP contribution in [0.25, 0.3) is 0 Å². The zero-order valence-corrected chi connectivity index (χ0v) is 17.8. The Morgan fingerprint density at radius 1 is 1.16 bits per heavy atom. The van der Waals surface area contributed by atoms with Crippen molar-refractivity contribution in [3.05, 3.63) is 47.8 Å². The number of halogens is 2. The zero-order chi connectivity index (χ0) is 22.7. The van der Waals surface area contributed by atoms with Crippen LogP contribution < -0.4 is 9.64 Å². The minimum Gasteiger partial charge on any atom is -0.458 e. The molecule has 0 aliphatic carbocycles. The number of nitrogens with zero attached hydrogens (tertiary/aromatic N) is 5. The first-order valence-corrected chi connectivity index (χ1v) is 10.7. The molecule has 32 heavy (non-hydrogen) atoms. The van der Waals surface area contributed by atoms with Gasteiger partial charge in [-0.15, -0.1) is 0 Å². The van der Waals surface area contributed by atoms with Crippen LogP contribution in [0.3, 0.4) is 0 Å². The number of urea groups is 1. The van der Waals surface area contributed by atoms with Gasteiger partial charge in [-0.3, -0.25) is 9.69 Å². The van der Waals surface area contributed by atoms with Gasteiger partial charge in [0, 0.05) is 43.8 Å². The number of benzene rings is 1. The predicted octanol–water partition coefficient (Wildman–Crippen LogP) is 2.63. The van der Waals surface area contributed by atoms with Gasteiger partial charge in [0.15, 0.2) is 11.6 Å². The van der Waals surface area contributed by atoms with Gasteiger partial charge in [-0.1, -0.05) is 6.92 Å². The molecule has 0 saturated carbocycles. The van der Waals surface area contributed by atoms with Crippen molar-refractivity contribution >= 4 is 17.6 Å². The molecule has 3 amide bonds. The number of rotatable bonds is 6. The Morgan fingerprint density at radius 3 is 2.66 bits per heavy atom. The molecule has 170 valence electrons. The SMILES string of the molecule is CCc1cnc(OC2CCCN(C(=O)CN3CCN(c4ccc(F)c(F)c4)C3=O)C2)nc1. The average molecular weight is 445 g/mol. The summed E-state index contributed by atoms with van der Waals surface area (Å²) in [5, 5.41) is 0. The van der Waals surface area contributed by atoms with Crippen molar-refractivity contribution in [3.8, 4) is 6.01 Å². The molecule has 2 aromatic rings. The van der Waals surface area contributed by atoms with E-state index in [1.807, 2.05) is 6.92 Å². The van der Waals surface area contributed by atoms with Crippen molar-refractivity contribution in [3.63, 3.8) is 0 Å². The molecule has 0 bridgehead atoms. The second kappa shape index (κ2) is 9.46. The normalized spacial score (nSPS) is 18.9. The average Bonchev–Trinajstić information content (AvgIpc) is 3.16. The summed E-state index contributed by atoms with van der Waals surface area (Å²) in [5.74, 6) is -2.17. The van der Waals surface area contributed by atoms with E-state index in [0.717, 1.165) is 37.0 Å². The van der Waals surface area contributed by atoms with Gasteiger partial charge < -0.3 is 14.5 Å². The summed E-state index contributed by atoms with van der Waals surface area (Å²) in [6.07, 6.45) is 5.65. The monoisotopic (exact) mass is 445 g/mol. The van der Waals surface area contributed by atoms with Crippen LogP contribution in [0.15, 0.2) is 30.6 Å². The molecule has 0 radical (unpaired) electrons. The van der Waals surface area contributed by atoms with Gasteiger partial charge in [0.05, 0.1) is 6.54 Å². The Hall–Kier alpha value is -3.30. The molecule has 2 aliphatic rings. The van der Waals surface area contributed by atoms with Crippen LogP contribution in [0.2, 0.25) is 0 Å². The number of aryl methyl sites for hydroxylation is 1. The van der Waals surface area contributed by atoms with E-state index in [1.54, 1.807) is 17.3 Å². The highest BCUT2D eigenvalue weighted by Crippen LogP contribution is 2.23. The van der Waals surface area contributed by atoms with Crippen LogP contribution in [-0.4, -0.2) is 70.5 Å². The summed E-state index contributed by atoms with van der Waals surface area (Å²) in [7, 11) is 0. The Bertz CT molecular complexity index is 988. The fraction of sp³-hybridized carbons (Fsp3) is 0.455. The van der Waals surface area contributed by atoms with Crippen LogP contribution in [0.5, 0.6) is 6.01 Å². The van der Waals surface area contributed by atoms with Crippen molar-refractivity contribution in [1.82, 2.24) is 19.8 Å². The maximum Gasteiger partial charge on any atom is 0.325 e. The summed E-state index contributed by atoms with van der Waals surface area (Å²) in [4.78, 5) is 38.4. The molecule has 1 atom stereocenters. The molecule has 10 heteroatoms. The van der Waals surface area contributed by atoms with Gasteiger partial charge in [-0.25, -0.2) is 23.5 Å². The van der Waals surface area contributed by atoms with Gasteiger partial charge >= 0.3 is 12.0 Å². The van der Waals surface area contributed by atoms with Crippen LogP contribution in [0.4, 0.5) is 19.3 Å². The number of hydrogen-bond acceptors (Lipinski definition) is 5. The first-order chi connectivity index (χ1) is 15.4. The van der Waals surface area contributed by atoms with E-state index in [2.05, 4.69) is 9.97 Å². The minimum atomic E-state index is -1.02. The summed E-state index contributed by atoms with van der Waals surface area (Å²) in [5.41, 5.74) is 1.29. The molecule has 0 N–H and O–H groups in total. The van der Waals surface area contributed by atoms with Crippen molar-refractivity contribution < 1.29 is 23.1 Å². The molecule has 0 spiro atoms. The first-order valence-electron chi connectivity index (χ1n) is 10.7. The lowest BCUT2D eigenvalue weighted by molar-refractivity contribution is -0.134. The molecule has 3 heterocycles. The molecular weight excluding hydrogens is 420 g/mol. The number of ether oxygens (including phenoxy) is 1. The number of carbonyl (C=O) groups is 2. The van der Waals surface area contributed by atoms with Gasteiger partial charge in [-0.05, 0) is 37.0 Å². The Balaban J connectivity index is 1.33. The van der Waals surface area contributed by atoms with E-state index in [4.69, 9.17) is 4.74 Å². The lowest BCUT2D eigenvalue weighted by Crippen LogP contribution is -2.48. The highest BCUT2D eigenvalue weighted by molar-refractivity contribution is 5.96. The fourth-order valence-corrected chi connectivity index (χ4v) is 3.88. The molecule has 2 saturated heterocycles. The fourth-order valence-electron chi connectivity index (χ4n) is 3.88. The molecule has 2 aliphatic heterocycles. The second-order valence-electron chi connectivity index (χ2n) is 7.90. The van der Waals surface area contributed by atoms with Crippen LogP contribution in [0, 0.1) is 11.6 Å². The highest BCUT2D eigenvalue weighted by atomic mass is 19.2. The maximum atomic E-state index is 13.5. The largest absolute Gasteiger partial charge is 0.458 e. The summed E-state index contributed by atoms with van der Waals surface area (Å²) < 4.78 is 32.6. The van der Waals surface area contributed by atoms with E-state index in [0.29, 0.717) is 32.2 Å². The standard InChI is InChI=1S/C22H25F2N5O3/c1-2-15-11-25-21(26-12-15)32-17-4-3-7-27(13-17)20(30)14-28-8-9-29(22(28)31)16-5-6-18(23)19(24)10-16/h5-6,10-12,17H,2-4,7-9,13-14H2,1H3. The lowest BCUT2D eigenvalue weighted by atomic mass is 10.1. The number of amides is 3. The summed E-state index contributed by atoms with van der Waals surface area (Å²) in [6.45, 7) is 3.55. The minimum absolute atomic E-state index is 0.0760.